The molecule has 0 amide bonds. The highest BCUT2D eigenvalue weighted by atomic mass is 14.1. The highest BCUT2D eigenvalue weighted by Gasteiger charge is 2.07. The quantitative estimate of drug-likeness (QED) is 0.199. The van der Waals surface area contributed by atoms with E-state index in [9.17, 15) is 0 Å². The lowest BCUT2D eigenvalue weighted by Gasteiger charge is -2.15. The second kappa shape index (κ2) is 29.0. The zero-order valence-corrected chi connectivity index (χ0v) is 30.1. The molecule has 0 aromatic rings. The minimum absolute atomic E-state index is 0.860. The standard InChI is InChI=1S/2C10H22.C9H20.C8H18/c1-8(2)6-10(5)7-9(3)4;1-8(2)6-7-10(5)9(3)4;1-8(2)6-5-7-9(3)4;1-7(2)5-6-8(3)4/h2*8-10H,6-7H2,1-5H3;8-9H,5-7H2,1-4H3;7-8H,5-6H2,1-4H3. The lowest BCUT2D eigenvalue weighted by Crippen LogP contribution is -2.04. The molecule has 37 heavy (non-hydrogen) atoms. The molecule has 0 rings (SSSR count). The zero-order valence-electron chi connectivity index (χ0n) is 30.1. The van der Waals surface area contributed by atoms with Gasteiger partial charge in [-0.1, -0.05) is 170 Å². The molecule has 0 bridgehead atoms. The molecular weight excluding hydrogens is 444 g/mol. The van der Waals surface area contributed by atoms with Gasteiger partial charge in [0.2, 0.25) is 0 Å². The van der Waals surface area contributed by atoms with Crippen molar-refractivity contribution in [1.29, 1.82) is 0 Å². The Morgan fingerprint density at radius 2 is 0.568 bits per heavy atom. The molecule has 0 saturated heterocycles. The van der Waals surface area contributed by atoms with Crippen LogP contribution in [0.1, 0.15) is 182 Å². The van der Waals surface area contributed by atoms with Crippen molar-refractivity contribution in [3.63, 3.8) is 0 Å². The molecule has 1 unspecified atom stereocenters. The normalized spacial score (nSPS) is 12.4. The number of hydrogen-bond donors (Lipinski definition) is 0. The van der Waals surface area contributed by atoms with E-state index >= 15 is 0 Å². The van der Waals surface area contributed by atoms with E-state index in [-0.39, 0.29) is 0 Å². The molecular formula is C37H82. The van der Waals surface area contributed by atoms with Crippen molar-refractivity contribution in [1.82, 2.24) is 0 Å². The minimum atomic E-state index is 0.860. The van der Waals surface area contributed by atoms with Crippen LogP contribution in [0, 0.1) is 59.2 Å². The first kappa shape index (κ1) is 44.0. The molecule has 0 heterocycles. The van der Waals surface area contributed by atoms with Crippen LogP contribution in [0.4, 0.5) is 0 Å². The summed E-state index contributed by atoms with van der Waals surface area (Å²) in [4.78, 5) is 0. The van der Waals surface area contributed by atoms with Crippen LogP contribution in [-0.4, -0.2) is 0 Å². The first-order valence-electron chi connectivity index (χ1n) is 16.8. The lowest BCUT2D eigenvalue weighted by atomic mass is 9.91. The molecule has 0 saturated carbocycles. The molecule has 0 aliphatic carbocycles. The summed E-state index contributed by atoms with van der Waals surface area (Å²) in [6.45, 7) is 41.4. The summed E-state index contributed by atoms with van der Waals surface area (Å²) < 4.78 is 0. The molecule has 0 spiro atoms. The maximum atomic E-state index is 2.36. The first-order chi connectivity index (χ1) is 16.8. The second-order valence-corrected chi connectivity index (χ2v) is 15.6. The Morgan fingerprint density at radius 1 is 0.297 bits per heavy atom. The molecule has 0 aromatic carbocycles. The van der Waals surface area contributed by atoms with Crippen molar-refractivity contribution < 1.29 is 0 Å². The smallest absolute Gasteiger partial charge is 0.0420 e. The van der Waals surface area contributed by atoms with E-state index < -0.39 is 0 Å². The van der Waals surface area contributed by atoms with Crippen LogP contribution in [-0.2, 0) is 0 Å². The van der Waals surface area contributed by atoms with Gasteiger partial charge in [0.05, 0.1) is 0 Å². The van der Waals surface area contributed by atoms with Crippen LogP contribution >= 0.6 is 0 Å². The van der Waals surface area contributed by atoms with Crippen molar-refractivity contribution in [3.8, 4) is 0 Å². The Labute approximate surface area is 241 Å². The third kappa shape index (κ3) is 53.1. The molecule has 1 atom stereocenters. The van der Waals surface area contributed by atoms with E-state index in [0.717, 1.165) is 59.2 Å². The fourth-order valence-corrected chi connectivity index (χ4v) is 4.24. The third-order valence-electron chi connectivity index (χ3n) is 6.97. The number of hydrogen-bond acceptors (Lipinski definition) is 0. The average Bonchev–Trinajstić information content (AvgIpc) is 2.70. The van der Waals surface area contributed by atoms with Crippen LogP contribution in [0.25, 0.3) is 0 Å². The maximum Gasteiger partial charge on any atom is -0.0420 e. The molecule has 0 radical (unpaired) electrons. The van der Waals surface area contributed by atoms with Gasteiger partial charge in [-0.05, 0) is 72.0 Å². The van der Waals surface area contributed by atoms with Gasteiger partial charge in [-0.2, -0.15) is 0 Å². The van der Waals surface area contributed by atoms with Crippen molar-refractivity contribution >= 4 is 0 Å². The van der Waals surface area contributed by atoms with E-state index in [1.54, 1.807) is 0 Å². The lowest BCUT2D eigenvalue weighted by molar-refractivity contribution is 0.358. The SMILES string of the molecule is CC(C)CC(C)CC(C)C.CC(C)CCC(C)C.CC(C)CCC(C)C(C)C.CC(C)CCCC(C)C. The van der Waals surface area contributed by atoms with Crippen LogP contribution in [0.2, 0.25) is 0 Å². The summed E-state index contributed by atoms with van der Waals surface area (Å²) in [7, 11) is 0. The molecule has 0 aromatic heterocycles. The predicted molar refractivity (Wildman–Crippen MR) is 179 cm³/mol. The fourth-order valence-electron chi connectivity index (χ4n) is 4.24. The first-order valence-corrected chi connectivity index (χ1v) is 16.8. The third-order valence-corrected chi connectivity index (χ3v) is 6.97. The highest BCUT2D eigenvalue weighted by Crippen LogP contribution is 2.19. The van der Waals surface area contributed by atoms with E-state index in [0.29, 0.717) is 0 Å². The van der Waals surface area contributed by atoms with E-state index in [1.165, 1.54) is 57.8 Å². The molecule has 0 fully saturated rings. The molecule has 0 N–H and O–H groups in total. The van der Waals surface area contributed by atoms with Crippen molar-refractivity contribution in [2.24, 2.45) is 59.2 Å². The maximum absolute atomic E-state index is 2.36. The zero-order chi connectivity index (χ0) is 30.1. The summed E-state index contributed by atoms with van der Waals surface area (Å²) in [6, 6.07) is 0. The van der Waals surface area contributed by atoms with Gasteiger partial charge in [0.1, 0.15) is 0 Å². The fraction of sp³-hybridized carbons (Fsp3) is 1.00. The summed E-state index contributed by atoms with van der Waals surface area (Å²) >= 11 is 0. The summed E-state index contributed by atoms with van der Waals surface area (Å²) in [5.41, 5.74) is 0. The van der Waals surface area contributed by atoms with Gasteiger partial charge in [0.25, 0.3) is 0 Å². The van der Waals surface area contributed by atoms with Crippen molar-refractivity contribution in [2.75, 3.05) is 0 Å². The minimum Gasteiger partial charge on any atom is -0.0628 e. The molecule has 0 heteroatoms. The molecule has 0 aliphatic heterocycles. The van der Waals surface area contributed by atoms with Crippen molar-refractivity contribution in [3.05, 3.63) is 0 Å². The molecule has 230 valence electrons. The Kier molecular flexibility index (Phi) is 34.5. The Hall–Kier alpha value is 0. The van der Waals surface area contributed by atoms with Crippen LogP contribution in [0.5, 0.6) is 0 Å². The van der Waals surface area contributed by atoms with Crippen LogP contribution in [0.3, 0.4) is 0 Å². The van der Waals surface area contributed by atoms with Gasteiger partial charge in [-0.15, -0.1) is 0 Å². The Balaban J connectivity index is -0.000000197. The molecule has 0 aliphatic rings. The highest BCUT2D eigenvalue weighted by molar-refractivity contribution is 4.59. The average molecular weight is 527 g/mol. The number of rotatable bonds is 15. The van der Waals surface area contributed by atoms with Gasteiger partial charge in [0.15, 0.2) is 0 Å². The second-order valence-electron chi connectivity index (χ2n) is 15.6. The van der Waals surface area contributed by atoms with Gasteiger partial charge in [-0.3, -0.25) is 0 Å². The monoisotopic (exact) mass is 527 g/mol. The van der Waals surface area contributed by atoms with Gasteiger partial charge in [-0.25, -0.2) is 0 Å². The van der Waals surface area contributed by atoms with E-state index in [1.807, 2.05) is 0 Å². The summed E-state index contributed by atoms with van der Waals surface area (Å²) in [6.07, 6.45) is 12.5. The predicted octanol–water partition coefficient (Wildman–Crippen LogP) is 14.0. The van der Waals surface area contributed by atoms with Crippen LogP contribution in [0.15, 0.2) is 0 Å². The Bertz CT molecular complexity index is 370. The van der Waals surface area contributed by atoms with E-state index in [4.69, 9.17) is 0 Å². The van der Waals surface area contributed by atoms with E-state index in [2.05, 4.69) is 125 Å². The van der Waals surface area contributed by atoms with Crippen LogP contribution < -0.4 is 0 Å². The Morgan fingerprint density at radius 3 is 0.784 bits per heavy atom. The summed E-state index contributed by atoms with van der Waals surface area (Å²) in [5.74, 6) is 8.85. The van der Waals surface area contributed by atoms with Gasteiger partial charge < -0.3 is 0 Å². The largest absolute Gasteiger partial charge is 0.0628 e. The van der Waals surface area contributed by atoms with Crippen molar-refractivity contribution in [2.45, 2.75) is 182 Å². The summed E-state index contributed by atoms with van der Waals surface area (Å²) in [5, 5.41) is 0. The molecule has 0 nitrogen and oxygen atoms in total. The topological polar surface area (TPSA) is 0 Å². The van der Waals surface area contributed by atoms with Gasteiger partial charge >= 0.3 is 0 Å². The van der Waals surface area contributed by atoms with Gasteiger partial charge in [0, 0.05) is 0 Å².